The van der Waals surface area contributed by atoms with Crippen LogP contribution in [0, 0.1) is 0 Å². The van der Waals surface area contributed by atoms with Gasteiger partial charge in [-0.05, 0) is 37.1 Å². The summed E-state index contributed by atoms with van der Waals surface area (Å²) in [6.07, 6.45) is 3.32. The van der Waals surface area contributed by atoms with Gasteiger partial charge in [-0.2, -0.15) is 4.98 Å². The largest absolute Gasteiger partial charge is 0.487 e. The molecule has 168 valence electrons. The number of rotatable bonds is 8. The van der Waals surface area contributed by atoms with Gasteiger partial charge in [-0.1, -0.05) is 24.2 Å². The van der Waals surface area contributed by atoms with Crippen LogP contribution < -0.4 is 15.5 Å². The Balaban J connectivity index is 1.27. The van der Waals surface area contributed by atoms with Crippen molar-refractivity contribution in [3.63, 3.8) is 0 Å². The first-order valence-electron chi connectivity index (χ1n) is 10.5. The second-order valence-electron chi connectivity index (χ2n) is 7.79. The number of benzene rings is 1. The third kappa shape index (κ3) is 5.47. The molecule has 0 unspecified atom stereocenters. The molecular formula is C21H26N8O2S. The molecule has 1 fully saturated rings. The van der Waals surface area contributed by atoms with Gasteiger partial charge in [0, 0.05) is 30.3 Å². The molecule has 0 amide bonds. The number of anilines is 1. The van der Waals surface area contributed by atoms with Crippen LogP contribution in [0.2, 0.25) is 0 Å². The summed E-state index contributed by atoms with van der Waals surface area (Å²) in [7, 11) is 0. The maximum Gasteiger partial charge on any atom is 0.324 e. The summed E-state index contributed by atoms with van der Waals surface area (Å²) in [5.41, 5.74) is 1.68. The second-order valence-corrected chi connectivity index (χ2v) is 8.68. The van der Waals surface area contributed by atoms with E-state index in [4.69, 9.17) is 20.1 Å². The Bertz CT molecular complexity index is 1050. The van der Waals surface area contributed by atoms with Crippen LogP contribution in [-0.2, 0) is 6.61 Å². The van der Waals surface area contributed by atoms with E-state index in [1.807, 2.05) is 24.3 Å². The normalized spacial score (nSPS) is 15.4. The quantitative estimate of drug-likeness (QED) is 0.173. The van der Waals surface area contributed by atoms with Crippen molar-refractivity contribution in [3.05, 3.63) is 46.2 Å². The van der Waals surface area contributed by atoms with Gasteiger partial charge < -0.3 is 20.0 Å². The minimum Gasteiger partial charge on any atom is -0.487 e. The third-order valence-corrected chi connectivity index (χ3v) is 6.24. The van der Waals surface area contributed by atoms with E-state index in [0.29, 0.717) is 18.5 Å². The monoisotopic (exact) mass is 454 g/mol. The number of aliphatic imine (C=N–C) groups is 1. The van der Waals surface area contributed by atoms with Crippen LogP contribution in [-0.4, -0.2) is 34.6 Å². The Kier molecular flexibility index (Phi) is 7.05. The standard InChI is InChI=1S/C21H26N8O2S/c1-14(2)19-26-21(31-27-19)29-9-7-15(8-10-29)20-25-17(12-32-20)11-30-18-5-3-16(4-6-18)23-13-24-28-22/h3-6,12-15H,7-11H2,1-2H3,(H2,22,23,24). The highest BCUT2D eigenvalue weighted by Gasteiger charge is 2.26. The van der Waals surface area contributed by atoms with Crippen molar-refractivity contribution >= 4 is 29.4 Å². The average molecular weight is 455 g/mol. The number of nitrogens with two attached hydrogens (primary N) is 1. The van der Waals surface area contributed by atoms with Gasteiger partial charge in [0.15, 0.2) is 5.82 Å². The number of piperidine rings is 1. The summed E-state index contributed by atoms with van der Waals surface area (Å²) in [5.74, 6) is 7.16. The van der Waals surface area contributed by atoms with E-state index in [1.54, 1.807) is 11.3 Å². The fourth-order valence-electron chi connectivity index (χ4n) is 3.39. The first-order chi connectivity index (χ1) is 15.6. The van der Waals surface area contributed by atoms with E-state index in [2.05, 4.69) is 49.6 Å². The molecular weight excluding hydrogens is 428 g/mol. The lowest BCUT2D eigenvalue weighted by Crippen LogP contribution is -2.33. The fourth-order valence-corrected chi connectivity index (χ4v) is 4.37. The molecule has 3 aromatic rings. The van der Waals surface area contributed by atoms with Gasteiger partial charge in [0.05, 0.1) is 16.4 Å². The van der Waals surface area contributed by atoms with Crippen molar-refractivity contribution in [2.24, 2.45) is 21.2 Å². The van der Waals surface area contributed by atoms with Gasteiger partial charge in [-0.25, -0.2) is 9.98 Å². The van der Waals surface area contributed by atoms with E-state index in [-0.39, 0.29) is 5.92 Å². The highest BCUT2D eigenvalue weighted by molar-refractivity contribution is 7.09. The molecule has 0 atom stereocenters. The maximum atomic E-state index is 5.86. The number of thiazole rings is 1. The predicted molar refractivity (Wildman–Crippen MR) is 123 cm³/mol. The molecule has 10 nitrogen and oxygen atoms in total. The number of hydrogen-bond acceptors (Lipinski definition) is 9. The molecule has 1 aromatic carbocycles. The smallest absolute Gasteiger partial charge is 0.324 e. The predicted octanol–water partition coefficient (Wildman–Crippen LogP) is 4.60. The third-order valence-electron chi connectivity index (χ3n) is 5.18. The van der Waals surface area contributed by atoms with E-state index in [0.717, 1.165) is 53.9 Å². The first kappa shape index (κ1) is 21.9. The van der Waals surface area contributed by atoms with E-state index < -0.39 is 0 Å². The van der Waals surface area contributed by atoms with Crippen molar-refractivity contribution < 1.29 is 9.26 Å². The van der Waals surface area contributed by atoms with Gasteiger partial charge in [-0.15, -0.1) is 16.5 Å². The van der Waals surface area contributed by atoms with Gasteiger partial charge in [0.1, 0.15) is 18.7 Å². The van der Waals surface area contributed by atoms with Gasteiger partial charge >= 0.3 is 6.01 Å². The molecule has 0 spiro atoms. The molecule has 0 aliphatic carbocycles. The van der Waals surface area contributed by atoms with Crippen LogP contribution in [0.3, 0.4) is 0 Å². The van der Waals surface area contributed by atoms with Crippen LogP contribution in [0.4, 0.5) is 11.7 Å². The zero-order valence-corrected chi connectivity index (χ0v) is 18.9. The molecule has 3 heterocycles. The highest BCUT2D eigenvalue weighted by atomic mass is 32.1. The Hall–Kier alpha value is -3.34. The van der Waals surface area contributed by atoms with Crippen molar-refractivity contribution in [1.29, 1.82) is 0 Å². The molecule has 32 heavy (non-hydrogen) atoms. The summed E-state index contributed by atoms with van der Waals surface area (Å²) in [6.45, 7) is 6.33. The number of hydrogen-bond donors (Lipinski definition) is 1. The summed E-state index contributed by atoms with van der Waals surface area (Å²) >= 11 is 1.70. The summed E-state index contributed by atoms with van der Waals surface area (Å²) in [5, 5.41) is 13.9. The Morgan fingerprint density at radius 3 is 2.72 bits per heavy atom. The molecule has 1 saturated heterocycles. The zero-order valence-electron chi connectivity index (χ0n) is 18.1. The Labute approximate surface area is 190 Å². The first-order valence-corrected chi connectivity index (χ1v) is 11.4. The zero-order chi connectivity index (χ0) is 22.3. The SMILES string of the molecule is CC(C)c1noc(N2CCC(c3nc(COc4ccc(N=CN=NN)cc4)cs3)CC2)n1. The van der Waals surface area contributed by atoms with Crippen LogP contribution in [0.1, 0.15) is 55.1 Å². The second kappa shape index (κ2) is 10.3. The van der Waals surface area contributed by atoms with Crippen LogP contribution in [0.5, 0.6) is 5.75 Å². The maximum absolute atomic E-state index is 5.86. The molecule has 1 aliphatic rings. The molecule has 0 bridgehead atoms. The van der Waals surface area contributed by atoms with E-state index in [1.165, 1.54) is 6.34 Å². The lowest BCUT2D eigenvalue weighted by atomic mass is 9.98. The minimum absolute atomic E-state index is 0.265. The van der Waals surface area contributed by atoms with Crippen LogP contribution in [0.25, 0.3) is 0 Å². The van der Waals surface area contributed by atoms with Gasteiger partial charge in [0.25, 0.3) is 0 Å². The molecule has 4 rings (SSSR count). The Morgan fingerprint density at radius 1 is 1.25 bits per heavy atom. The Morgan fingerprint density at radius 2 is 2.03 bits per heavy atom. The summed E-state index contributed by atoms with van der Waals surface area (Å²) < 4.78 is 11.3. The fraction of sp³-hybridized carbons (Fsp3) is 0.429. The van der Waals surface area contributed by atoms with Gasteiger partial charge in [-0.3, -0.25) is 0 Å². The van der Waals surface area contributed by atoms with E-state index in [9.17, 15) is 0 Å². The molecule has 11 heteroatoms. The van der Waals surface area contributed by atoms with Gasteiger partial charge in [0.2, 0.25) is 0 Å². The minimum atomic E-state index is 0.265. The van der Waals surface area contributed by atoms with E-state index >= 15 is 0 Å². The molecule has 0 radical (unpaired) electrons. The molecule has 1 aliphatic heterocycles. The summed E-state index contributed by atoms with van der Waals surface area (Å²) in [6, 6.07) is 8.02. The number of ether oxygens (including phenoxy) is 1. The lowest BCUT2D eigenvalue weighted by Gasteiger charge is -2.29. The lowest BCUT2D eigenvalue weighted by molar-refractivity contribution is 0.301. The molecule has 0 saturated carbocycles. The van der Waals surface area contributed by atoms with Crippen molar-refractivity contribution in [2.45, 2.75) is 45.1 Å². The van der Waals surface area contributed by atoms with Crippen LogP contribution >= 0.6 is 11.3 Å². The average Bonchev–Trinajstić information content (AvgIpc) is 3.49. The highest BCUT2D eigenvalue weighted by Crippen LogP contribution is 2.32. The van der Waals surface area contributed by atoms with Crippen molar-refractivity contribution in [3.8, 4) is 5.75 Å². The van der Waals surface area contributed by atoms with Crippen molar-refractivity contribution in [2.75, 3.05) is 18.0 Å². The number of nitrogens with zero attached hydrogens (tertiary/aromatic N) is 7. The van der Waals surface area contributed by atoms with Crippen molar-refractivity contribution in [1.82, 2.24) is 15.1 Å². The number of aromatic nitrogens is 3. The topological polar surface area (TPSA) is 127 Å². The summed E-state index contributed by atoms with van der Waals surface area (Å²) in [4.78, 5) is 15.6. The molecule has 2 N–H and O–H groups in total. The van der Waals surface area contributed by atoms with Crippen LogP contribution in [0.15, 0.2) is 49.5 Å². The molecule has 2 aromatic heterocycles.